The Balaban J connectivity index is 1.81. The van der Waals surface area contributed by atoms with Crippen molar-refractivity contribution in [2.24, 2.45) is 0 Å². The van der Waals surface area contributed by atoms with Gasteiger partial charge in [0.15, 0.2) is 0 Å². The van der Waals surface area contributed by atoms with Crippen molar-refractivity contribution < 1.29 is 13.6 Å². The van der Waals surface area contributed by atoms with Crippen molar-refractivity contribution in [1.29, 1.82) is 0 Å². The smallest absolute Gasteiger partial charge is 0.246 e. The summed E-state index contributed by atoms with van der Waals surface area (Å²) < 4.78 is 26.9. The van der Waals surface area contributed by atoms with Crippen molar-refractivity contribution in [3.63, 3.8) is 0 Å². The van der Waals surface area contributed by atoms with Gasteiger partial charge in [0.1, 0.15) is 17.8 Å². The van der Waals surface area contributed by atoms with Gasteiger partial charge in [0.2, 0.25) is 5.91 Å². The molecule has 0 aliphatic carbocycles. The van der Waals surface area contributed by atoms with Crippen LogP contribution in [0.5, 0.6) is 0 Å². The van der Waals surface area contributed by atoms with Crippen LogP contribution < -0.4 is 4.90 Å². The van der Waals surface area contributed by atoms with E-state index in [-0.39, 0.29) is 29.7 Å². The molecule has 2 heterocycles. The van der Waals surface area contributed by atoms with E-state index in [0.717, 1.165) is 24.9 Å². The molecule has 0 aromatic heterocycles. The van der Waals surface area contributed by atoms with Crippen LogP contribution in [0.2, 0.25) is 0 Å². The number of hydrogen-bond acceptors (Lipinski definition) is 2. The second kappa shape index (κ2) is 5.42. The molecule has 2 aliphatic heterocycles. The summed E-state index contributed by atoms with van der Waals surface area (Å²) in [7, 11) is 0. The molecule has 118 valence electrons. The van der Waals surface area contributed by atoms with Gasteiger partial charge >= 0.3 is 0 Å². The van der Waals surface area contributed by atoms with Crippen molar-refractivity contribution >= 4 is 11.6 Å². The third kappa shape index (κ3) is 2.32. The molecular formula is C18H16F2N2O. The molecule has 4 rings (SSSR count). The van der Waals surface area contributed by atoms with Crippen LogP contribution in [0.25, 0.3) is 0 Å². The molecule has 0 radical (unpaired) electrons. The summed E-state index contributed by atoms with van der Waals surface area (Å²) in [5.74, 6) is -0.664. The van der Waals surface area contributed by atoms with Crippen LogP contribution in [0.4, 0.5) is 14.5 Å². The Kier molecular flexibility index (Phi) is 3.38. The number of benzene rings is 2. The first kappa shape index (κ1) is 14.3. The van der Waals surface area contributed by atoms with E-state index in [1.165, 1.54) is 24.3 Å². The molecule has 2 aromatic carbocycles. The summed E-state index contributed by atoms with van der Waals surface area (Å²) in [6.45, 7) is 0.801. The zero-order chi connectivity index (χ0) is 16.0. The van der Waals surface area contributed by atoms with Crippen molar-refractivity contribution in [1.82, 2.24) is 4.90 Å². The van der Waals surface area contributed by atoms with Gasteiger partial charge in [-0.2, -0.15) is 0 Å². The Labute approximate surface area is 133 Å². The third-order valence-corrected chi connectivity index (χ3v) is 4.63. The summed E-state index contributed by atoms with van der Waals surface area (Å²) in [6, 6.07) is 12.1. The van der Waals surface area contributed by atoms with Gasteiger partial charge in [-0.25, -0.2) is 8.78 Å². The van der Waals surface area contributed by atoms with E-state index in [1.54, 1.807) is 23.1 Å². The maximum absolute atomic E-state index is 13.7. The number of anilines is 1. The first-order valence-electron chi connectivity index (χ1n) is 7.75. The van der Waals surface area contributed by atoms with Crippen LogP contribution in [0.1, 0.15) is 24.6 Å². The number of fused-ring (bicyclic) bond motifs is 1. The molecule has 2 unspecified atom stereocenters. The fraction of sp³-hybridized carbons (Fsp3) is 0.278. The molecule has 23 heavy (non-hydrogen) atoms. The largest absolute Gasteiger partial charge is 0.291 e. The normalized spacial score (nSPS) is 24.3. The van der Waals surface area contributed by atoms with Crippen LogP contribution in [0.3, 0.4) is 0 Å². The standard InChI is InChI=1S/C18H16F2N2O/c19-13-6-8-15(9-7-13)22-17(12-3-1-4-14(20)11-12)21-10-2-5-16(21)18(22)23/h1,3-4,6-9,11,16-17H,2,5,10H2. The SMILES string of the molecule is O=C1C2CCCN2C(c2cccc(F)c2)N1c1ccc(F)cc1. The van der Waals surface area contributed by atoms with E-state index in [0.29, 0.717) is 5.69 Å². The Bertz CT molecular complexity index is 747. The fourth-order valence-corrected chi connectivity index (χ4v) is 3.65. The van der Waals surface area contributed by atoms with Crippen LogP contribution in [-0.2, 0) is 4.79 Å². The van der Waals surface area contributed by atoms with E-state index < -0.39 is 0 Å². The van der Waals surface area contributed by atoms with E-state index >= 15 is 0 Å². The molecule has 2 saturated heterocycles. The van der Waals surface area contributed by atoms with Crippen molar-refractivity contribution in [2.75, 3.05) is 11.4 Å². The van der Waals surface area contributed by atoms with Gasteiger partial charge in [-0.05, 0) is 54.8 Å². The van der Waals surface area contributed by atoms with Crippen molar-refractivity contribution in [3.05, 3.63) is 65.7 Å². The molecule has 1 amide bonds. The second-order valence-electron chi connectivity index (χ2n) is 6.01. The van der Waals surface area contributed by atoms with Gasteiger partial charge in [0, 0.05) is 12.2 Å². The average molecular weight is 314 g/mol. The van der Waals surface area contributed by atoms with E-state index in [9.17, 15) is 13.6 Å². The second-order valence-corrected chi connectivity index (χ2v) is 6.01. The highest BCUT2D eigenvalue weighted by Gasteiger charge is 2.49. The first-order valence-corrected chi connectivity index (χ1v) is 7.75. The molecule has 0 N–H and O–H groups in total. The molecule has 2 fully saturated rings. The summed E-state index contributed by atoms with van der Waals surface area (Å²) >= 11 is 0. The number of carbonyl (C=O) groups is 1. The van der Waals surface area contributed by atoms with Gasteiger partial charge in [-0.3, -0.25) is 14.6 Å². The molecule has 3 nitrogen and oxygen atoms in total. The lowest BCUT2D eigenvalue weighted by Crippen LogP contribution is -2.32. The molecule has 2 aromatic rings. The van der Waals surface area contributed by atoms with Crippen LogP contribution in [-0.4, -0.2) is 23.4 Å². The minimum atomic E-state index is -0.344. The number of halogens is 2. The lowest BCUT2D eigenvalue weighted by atomic mass is 10.1. The topological polar surface area (TPSA) is 23.6 Å². The average Bonchev–Trinajstić information content (AvgIpc) is 3.11. The minimum Gasteiger partial charge on any atom is -0.291 e. The number of nitrogens with zero attached hydrogens (tertiary/aromatic N) is 2. The van der Waals surface area contributed by atoms with Gasteiger partial charge in [0.25, 0.3) is 0 Å². The predicted molar refractivity (Wildman–Crippen MR) is 82.8 cm³/mol. The van der Waals surface area contributed by atoms with Gasteiger partial charge in [0.05, 0.1) is 6.04 Å². The van der Waals surface area contributed by atoms with Crippen LogP contribution in [0.15, 0.2) is 48.5 Å². The van der Waals surface area contributed by atoms with Crippen LogP contribution >= 0.6 is 0 Å². The highest BCUT2D eigenvalue weighted by Crippen LogP contribution is 2.42. The third-order valence-electron chi connectivity index (χ3n) is 4.63. The maximum Gasteiger partial charge on any atom is 0.246 e. The van der Waals surface area contributed by atoms with Gasteiger partial charge in [-0.1, -0.05) is 12.1 Å². The fourth-order valence-electron chi connectivity index (χ4n) is 3.65. The van der Waals surface area contributed by atoms with E-state index in [4.69, 9.17) is 0 Å². The van der Waals surface area contributed by atoms with Crippen molar-refractivity contribution in [3.8, 4) is 0 Å². The van der Waals surface area contributed by atoms with E-state index in [1.807, 2.05) is 6.07 Å². The summed E-state index contributed by atoms with van der Waals surface area (Å²) in [6.07, 6.45) is 1.43. The molecule has 0 saturated carbocycles. The predicted octanol–water partition coefficient (Wildman–Crippen LogP) is 3.47. The first-order chi connectivity index (χ1) is 11.1. The number of carbonyl (C=O) groups excluding carboxylic acids is 1. The highest BCUT2D eigenvalue weighted by molar-refractivity contribution is 6.00. The number of rotatable bonds is 2. The Morgan fingerprint density at radius 3 is 2.52 bits per heavy atom. The highest BCUT2D eigenvalue weighted by atomic mass is 19.1. The Morgan fingerprint density at radius 1 is 1.00 bits per heavy atom. The lowest BCUT2D eigenvalue weighted by molar-refractivity contribution is -0.119. The molecule has 0 spiro atoms. The lowest BCUT2D eigenvalue weighted by Gasteiger charge is -2.29. The summed E-state index contributed by atoms with van der Waals surface area (Å²) in [4.78, 5) is 16.6. The quantitative estimate of drug-likeness (QED) is 0.847. The Hall–Kier alpha value is -2.27. The molecular weight excluding hydrogens is 298 g/mol. The number of amides is 1. The van der Waals surface area contributed by atoms with Crippen molar-refractivity contribution in [2.45, 2.75) is 25.0 Å². The minimum absolute atomic E-state index is 0.00312. The van der Waals surface area contributed by atoms with Crippen LogP contribution in [0, 0.1) is 11.6 Å². The van der Waals surface area contributed by atoms with E-state index in [2.05, 4.69) is 4.90 Å². The monoisotopic (exact) mass is 314 g/mol. The van der Waals surface area contributed by atoms with Gasteiger partial charge < -0.3 is 0 Å². The Morgan fingerprint density at radius 2 is 1.78 bits per heavy atom. The number of hydrogen-bond donors (Lipinski definition) is 0. The summed E-state index contributed by atoms with van der Waals surface area (Å²) in [5.41, 5.74) is 1.38. The molecule has 0 bridgehead atoms. The van der Waals surface area contributed by atoms with Gasteiger partial charge in [-0.15, -0.1) is 0 Å². The zero-order valence-corrected chi connectivity index (χ0v) is 12.5. The molecule has 2 aliphatic rings. The molecule has 5 heteroatoms. The zero-order valence-electron chi connectivity index (χ0n) is 12.5. The maximum atomic E-state index is 13.7. The summed E-state index contributed by atoms with van der Waals surface area (Å²) in [5, 5.41) is 0. The molecule has 2 atom stereocenters.